The summed E-state index contributed by atoms with van der Waals surface area (Å²) >= 11 is 0. The van der Waals surface area contributed by atoms with Gasteiger partial charge in [-0.2, -0.15) is 0 Å². The smallest absolute Gasteiger partial charge is 0.113 e. The van der Waals surface area contributed by atoms with Gasteiger partial charge in [0.25, 0.3) is 0 Å². The van der Waals surface area contributed by atoms with E-state index in [0.717, 1.165) is 17.9 Å². The highest BCUT2D eigenvalue weighted by Crippen LogP contribution is 2.19. The molecule has 0 saturated heterocycles. The molecule has 5 heteroatoms. The first-order valence-corrected chi connectivity index (χ1v) is 6.10. The van der Waals surface area contributed by atoms with Crippen molar-refractivity contribution in [3.8, 4) is 0 Å². The number of hydrogen-bond acceptors (Lipinski definition) is 4. The molecule has 0 heterocycles. The molecule has 4 nitrogen and oxygen atoms in total. The maximum atomic E-state index is 11.7. The van der Waals surface area contributed by atoms with Gasteiger partial charge in [-0.05, 0) is 12.1 Å². The summed E-state index contributed by atoms with van der Waals surface area (Å²) < 4.78 is 22.0. The summed E-state index contributed by atoms with van der Waals surface area (Å²) in [6.07, 6.45) is 0. The number of halogens is 1. The number of rotatable bonds is 10. The Morgan fingerprint density at radius 2 is 1.67 bits per heavy atom. The van der Waals surface area contributed by atoms with Crippen molar-refractivity contribution in [2.45, 2.75) is 0 Å². The van der Waals surface area contributed by atoms with E-state index in [9.17, 15) is 4.39 Å². The fourth-order valence-electron chi connectivity index (χ4n) is 1.49. The molecule has 102 valence electrons. The number of benzene rings is 1. The highest BCUT2D eigenvalue weighted by molar-refractivity contribution is 5.68. The topological polar surface area (TPSA) is 42.5 Å². The Kier molecular flexibility index (Phi) is 7.92. The molecule has 1 aromatic carbocycles. The first-order chi connectivity index (χ1) is 8.88. The van der Waals surface area contributed by atoms with Gasteiger partial charge in [-0.3, -0.25) is 0 Å². The third-order valence-corrected chi connectivity index (χ3v) is 2.35. The Labute approximate surface area is 107 Å². The summed E-state index contributed by atoms with van der Waals surface area (Å²) in [4.78, 5) is 0. The first kappa shape index (κ1) is 14.7. The summed E-state index contributed by atoms with van der Waals surface area (Å²) in [5.41, 5.74) is 2.11. The van der Waals surface area contributed by atoms with Crippen LogP contribution in [0.5, 0.6) is 0 Å². The number of alkyl halides is 1. The molecule has 0 aliphatic carbocycles. The lowest BCUT2D eigenvalue weighted by Gasteiger charge is -2.11. The van der Waals surface area contributed by atoms with Gasteiger partial charge in [-0.15, -0.1) is 0 Å². The minimum absolute atomic E-state index is 0.150. The molecule has 0 saturated carbocycles. The lowest BCUT2D eigenvalue weighted by atomic mass is 10.2. The van der Waals surface area contributed by atoms with E-state index in [1.165, 1.54) is 0 Å². The van der Waals surface area contributed by atoms with Gasteiger partial charge < -0.3 is 20.1 Å². The van der Waals surface area contributed by atoms with Crippen LogP contribution in [0.25, 0.3) is 0 Å². The van der Waals surface area contributed by atoms with Crippen LogP contribution in [0.1, 0.15) is 0 Å². The van der Waals surface area contributed by atoms with Crippen molar-refractivity contribution in [3.05, 3.63) is 24.3 Å². The standard InChI is InChI=1S/C13H21FN2O2/c1-15-12-4-2-3-5-13(12)16-7-9-18-11-10-17-8-6-14/h2-5,15-16H,6-11H2,1H3. The molecule has 0 unspecified atom stereocenters. The number of anilines is 2. The number of para-hydroxylation sites is 2. The molecule has 1 rings (SSSR count). The van der Waals surface area contributed by atoms with E-state index in [0.29, 0.717) is 19.8 Å². The van der Waals surface area contributed by atoms with Crippen LogP contribution in [0.2, 0.25) is 0 Å². The van der Waals surface area contributed by atoms with Crippen LogP contribution in [0, 0.1) is 0 Å². The van der Waals surface area contributed by atoms with Crippen LogP contribution in [-0.4, -0.2) is 46.7 Å². The first-order valence-electron chi connectivity index (χ1n) is 6.10. The molecule has 0 aliphatic rings. The Hall–Kier alpha value is -1.33. The third kappa shape index (κ3) is 5.84. The fraction of sp³-hybridized carbons (Fsp3) is 0.538. The summed E-state index contributed by atoms with van der Waals surface area (Å²) in [6.45, 7) is 1.96. The van der Waals surface area contributed by atoms with Gasteiger partial charge in [0.1, 0.15) is 6.67 Å². The monoisotopic (exact) mass is 256 g/mol. The average Bonchev–Trinajstić information content (AvgIpc) is 2.42. The second-order valence-electron chi connectivity index (χ2n) is 3.64. The lowest BCUT2D eigenvalue weighted by Crippen LogP contribution is -2.13. The zero-order valence-corrected chi connectivity index (χ0v) is 10.7. The Morgan fingerprint density at radius 3 is 2.33 bits per heavy atom. The number of ether oxygens (including phenoxy) is 2. The molecule has 0 spiro atoms. The third-order valence-electron chi connectivity index (χ3n) is 2.35. The minimum Gasteiger partial charge on any atom is -0.386 e. The van der Waals surface area contributed by atoms with Gasteiger partial charge in [0.2, 0.25) is 0 Å². The molecule has 0 radical (unpaired) electrons. The quantitative estimate of drug-likeness (QED) is 0.629. The van der Waals surface area contributed by atoms with Crippen LogP contribution in [0.15, 0.2) is 24.3 Å². The van der Waals surface area contributed by atoms with Gasteiger partial charge >= 0.3 is 0 Å². The van der Waals surface area contributed by atoms with Crippen LogP contribution >= 0.6 is 0 Å². The molecular weight excluding hydrogens is 235 g/mol. The molecule has 0 aromatic heterocycles. The van der Waals surface area contributed by atoms with E-state index >= 15 is 0 Å². The summed E-state index contributed by atoms with van der Waals surface area (Å²) in [5.74, 6) is 0. The van der Waals surface area contributed by atoms with E-state index in [-0.39, 0.29) is 6.61 Å². The summed E-state index contributed by atoms with van der Waals surface area (Å²) in [6, 6.07) is 7.98. The van der Waals surface area contributed by atoms with Crippen LogP contribution in [-0.2, 0) is 9.47 Å². The molecule has 1 aromatic rings. The Morgan fingerprint density at radius 1 is 1.00 bits per heavy atom. The molecule has 0 amide bonds. The van der Waals surface area contributed by atoms with Crippen molar-refractivity contribution in [3.63, 3.8) is 0 Å². The Balaban J connectivity index is 2.07. The van der Waals surface area contributed by atoms with Crippen molar-refractivity contribution >= 4 is 11.4 Å². The van der Waals surface area contributed by atoms with Gasteiger partial charge in [0.05, 0.1) is 37.8 Å². The maximum Gasteiger partial charge on any atom is 0.113 e. The zero-order valence-electron chi connectivity index (χ0n) is 10.7. The summed E-state index contributed by atoms with van der Waals surface area (Å²) in [5, 5.41) is 6.39. The second kappa shape index (κ2) is 9.67. The van der Waals surface area contributed by atoms with E-state index in [4.69, 9.17) is 9.47 Å². The van der Waals surface area contributed by atoms with Crippen molar-refractivity contribution in [2.75, 3.05) is 57.3 Å². The molecule has 0 fully saturated rings. The molecule has 2 N–H and O–H groups in total. The van der Waals surface area contributed by atoms with Crippen LogP contribution in [0.4, 0.5) is 15.8 Å². The molecule has 0 bridgehead atoms. The van der Waals surface area contributed by atoms with Crippen molar-refractivity contribution in [1.29, 1.82) is 0 Å². The van der Waals surface area contributed by atoms with E-state index in [1.807, 2.05) is 31.3 Å². The van der Waals surface area contributed by atoms with Gasteiger partial charge in [0.15, 0.2) is 0 Å². The highest BCUT2D eigenvalue weighted by atomic mass is 19.1. The molecular formula is C13H21FN2O2. The summed E-state index contributed by atoms with van der Waals surface area (Å²) in [7, 11) is 1.89. The van der Waals surface area contributed by atoms with Crippen molar-refractivity contribution in [2.24, 2.45) is 0 Å². The number of hydrogen-bond donors (Lipinski definition) is 2. The largest absolute Gasteiger partial charge is 0.386 e. The SMILES string of the molecule is CNc1ccccc1NCCOCCOCCF. The van der Waals surface area contributed by atoms with Crippen LogP contribution < -0.4 is 10.6 Å². The van der Waals surface area contributed by atoms with E-state index in [2.05, 4.69) is 10.6 Å². The predicted molar refractivity (Wildman–Crippen MR) is 72.1 cm³/mol. The number of nitrogens with one attached hydrogen (secondary N) is 2. The maximum absolute atomic E-state index is 11.7. The minimum atomic E-state index is -0.442. The zero-order chi connectivity index (χ0) is 13.1. The van der Waals surface area contributed by atoms with Crippen molar-refractivity contribution < 1.29 is 13.9 Å². The predicted octanol–water partition coefficient (Wildman–Crippen LogP) is 2.14. The highest BCUT2D eigenvalue weighted by Gasteiger charge is 1.97. The van der Waals surface area contributed by atoms with Gasteiger partial charge in [-0.1, -0.05) is 12.1 Å². The molecule has 0 aliphatic heterocycles. The average molecular weight is 256 g/mol. The van der Waals surface area contributed by atoms with E-state index < -0.39 is 6.67 Å². The fourth-order valence-corrected chi connectivity index (χ4v) is 1.49. The second-order valence-corrected chi connectivity index (χ2v) is 3.64. The van der Waals surface area contributed by atoms with Gasteiger partial charge in [0, 0.05) is 13.6 Å². The molecule has 0 atom stereocenters. The van der Waals surface area contributed by atoms with Gasteiger partial charge in [-0.25, -0.2) is 4.39 Å². The molecule has 18 heavy (non-hydrogen) atoms. The normalized spacial score (nSPS) is 10.3. The van der Waals surface area contributed by atoms with Crippen molar-refractivity contribution in [1.82, 2.24) is 0 Å². The van der Waals surface area contributed by atoms with E-state index in [1.54, 1.807) is 0 Å². The Bertz CT molecular complexity index is 324. The van der Waals surface area contributed by atoms with Crippen LogP contribution in [0.3, 0.4) is 0 Å². The lowest BCUT2D eigenvalue weighted by molar-refractivity contribution is 0.0464.